The maximum Gasteiger partial charge on any atom is 0.243 e. The van der Waals surface area contributed by atoms with Gasteiger partial charge in [-0.15, -0.1) is 0 Å². The van der Waals surface area contributed by atoms with E-state index in [0.717, 1.165) is 30.5 Å². The number of pyridine rings is 1. The van der Waals surface area contributed by atoms with E-state index in [1.807, 2.05) is 37.3 Å². The second-order valence-electron chi connectivity index (χ2n) is 5.69. The molecule has 1 unspecified atom stereocenters. The molecule has 0 radical (unpaired) electrons. The van der Waals surface area contributed by atoms with E-state index < -0.39 is 10.0 Å². The third-order valence-corrected chi connectivity index (χ3v) is 6.03. The van der Waals surface area contributed by atoms with E-state index in [4.69, 9.17) is 0 Å². The fraction of sp³-hybridized carbons (Fsp3) is 0.353. The summed E-state index contributed by atoms with van der Waals surface area (Å²) in [4.78, 5) is 4.73. The van der Waals surface area contributed by atoms with Crippen molar-refractivity contribution in [2.75, 3.05) is 6.54 Å². The number of hydrogen-bond donors (Lipinski definition) is 0. The molecule has 116 valence electrons. The van der Waals surface area contributed by atoms with Gasteiger partial charge in [-0.3, -0.25) is 4.98 Å². The molecule has 3 rings (SSSR count). The zero-order valence-corrected chi connectivity index (χ0v) is 13.5. The van der Waals surface area contributed by atoms with E-state index in [1.165, 1.54) is 0 Å². The van der Waals surface area contributed by atoms with E-state index in [-0.39, 0.29) is 6.04 Å². The van der Waals surface area contributed by atoms with Gasteiger partial charge in [-0.05, 0) is 44.0 Å². The van der Waals surface area contributed by atoms with Crippen molar-refractivity contribution in [2.24, 2.45) is 0 Å². The third kappa shape index (κ3) is 2.91. The molecule has 1 saturated heterocycles. The van der Waals surface area contributed by atoms with Crippen LogP contribution in [-0.2, 0) is 10.0 Å². The van der Waals surface area contributed by atoms with Gasteiger partial charge in [-0.1, -0.05) is 30.2 Å². The number of piperidine rings is 1. The first kappa shape index (κ1) is 15.2. The highest BCUT2D eigenvalue weighted by molar-refractivity contribution is 7.89. The number of nitrogens with zero attached hydrogens (tertiary/aromatic N) is 2. The highest BCUT2D eigenvalue weighted by atomic mass is 32.2. The molecular weight excluding hydrogens is 296 g/mol. The Morgan fingerprint density at radius 2 is 1.86 bits per heavy atom. The summed E-state index contributed by atoms with van der Waals surface area (Å²) in [7, 11) is -3.48. The largest absolute Gasteiger partial charge is 0.260 e. The third-order valence-electron chi connectivity index (χ3n) is 4.11. The van der Waals surface area contributed by atoms with E-state index in [9.17, 15) is 8.42 Å². The van der Waals surface area contributed by atoms with Gasteiger partial charge in [-0.2, -0.15) is 4.31 Å². The van der Waals surface area contributed by atoms with Gasteiger partial charge in [0, 0.05) is 12.7 Å². The van der Waals surface area contributed by atoms with Gasteiger partial charge in [0.25, 0.3) is 0 Å². The van der Waals surface area contributed by atoms with Crippen molar-refractivity contribution in [1.29, 1.82) is 0 Å². The molecule has 0 amide bonds. The normalized spacial score (nSPS) is 20.0. The zero-order chi connectivity index (χ0) is 15.6. The fourth-order valence-electron chi connectivity index (χ4n) is 2.91. The summed E-state index contributed by atoms with van der Waals surface area (Å²) in [6, 6.07) is 12.6. The molecule has 22 heavy (non-hydrogen) atoms. The van der Waals surface area contributed by atoms with E-state index >= 15 is 0 Å². The monoisotopic (exact) mass is 316 g/mol. The van der Waals surface area contributed by atoms with Crippen molar-refractivity contribution >= 4 is 10.0 Å². The molecule has 5 heteroatoms. The molecule has 4 nitrogen and oxygen atoms in total. The van der Waals surface area contributed by atoms with Crippen molar-refractivity contribution in [3.05, 3.63) is 59.9 Å². The van der Waals surface area contributed by atoms with Crippen LogP contribution in [0.3, 0.4) is 0 Å². The standard InChI is InChI=1S/C17H20N2O2S/c1-14-8-10-15(11-9-14)22(20,21)19-13-5-3-7-17(19)16-6-2-4-12-18-16/h2,4,6,8-12,17H,3,5,7,13H2,1H3. The number of aryl methyl sites for hydroxylation is 1. The molecule has 0 N–H and O–H groups in total. The molecule has 0 aliphatic carbocycles. The smallest absolute Gasteiger partial charge is 0.243 e. The van der Waals surface area contributed by atoms with Crippen molar-refractivity contribution in [2.45, 2.75) is 37.1 Å². The number of aromatic nitrogens is 1. The van der Waals surface area contributed by atoms with Crippen LogP contribution >= 0.6 is 0 Å². The van der Waals surface area contributed by atoms with Crippen LogP contribution in [0.5, 0.6) is 0 Å². The number of hydrogen-bond acceptors (Lipinski definition) is 3. The van der Waals surface area contributed by atoms with Gasteiger partial charge in [0.05, 0.1) is 16.6 Å². The summed E-state index contributed by atoms with van der Waals surface area (Å²) in [5.74, 6) is 0. The lowest BCUT2D eigenvalue weighted by Crippen LogP contribution is -2.38. The molecule has 1 fully saturated rings. The van der Waals surface area contributed by atoms with Crippen LogP contribution < -0.4 is 0 Å². The highest BCUT2D eigenvalue weighted by Crippen LogP contribution is 2.34. The zero-order valence-electron chi connectivity index (χ0n) is 12.6. The first-order chi connectivity index (χ1) is 10.6. The van der Waals surface area contributed by atoms with Crippen molar-refractivity contribution in [1.82, 2.24) is 9.29 Å². The number of sulfonamides is 1. The lowest BCUT2D eigenvalue weighted by Gasteiger charge is -2.34. The first-order valence-electron chi connectivity index (χ1n) is 7.58. The van der Waals surface area contributed by atoms with Crippen LogP contribution in [0.25, 0.3) is 0 Å². The number of benzene rings is 1. The quantitative estimate of drug-likeness (QED) is 0.873. The lowest BCUT2D eigenvalue weighted by atomic mass is 10.0. The topological polar surface area (TPSA) is 50.3 Å². The van der Waals surface area contributed by atoms with Crippen molar-refractivity contribution in [3.8, 4) is 0 Å². The SMILES string of the molecule is Cc1ccc(S(=O)(=O)N2CCCCC2c2ccccn2)cc1. The molecule has 1 aliphatic heterocycles. The van der Waals surface area contributed by atoms with Gasteiger partial charge in [0.1, 0.15) is 0 Å². The molecule has 1 aliphatic rings. The average molecular weight is 316 g/mol. The summed E-state index contributed by atoms with van der Waals surface area (Å²) in [6.45, 7) is 2.51. The summed E-state index contributed by atoms with van der Waals surface area (Å²) >= 11 is 0. The molecule has 2 heterocycles. The van der Waals surface area contributed by atoms with Crippen LogP contribution in [-0.4, -0.2) is 24.3 Å². The van der Waals surface area contributed by atoms with Gasteiger partial charge in [0.15, 0.2) is 0 Å². The maximum absolute atomic E-state index is 13.0. The summed E-state index contributed by atoms with van der Waals surface area (Å²) in [6.07, 6.45) is 4.47. The van der Waals surface area contributed by atoms with Crippen LogP contribution in [0.1, 0.15) is 36.6 Å². The molecule has 2 aromatic rings. The summed E-state index contributed by atoms with van der Waals surface area (Å²) in [5.41, 5.74) is 1.89. The van der Waals surface area contributed by atoms with Crippen LogP contribution in [0.4, 0.5) is 0 Å². The minimum absolute atomic E-state index is 0.166. The van der Waals surface area contributed by atoms with Gasteiger partial charge in [0.2, 0.25) is 10.0 Å². The predicted octanol–water partition coefficient (Wildman–Crippen LogP) is 3.31. The minimum Gasteiger partial charge on any atom is -0.260 e. The Kier molecular flexibility index (Phi) is 4.27. The van der Waals surface area contributed by atoms with E-state index in [1.54, 1.807) is 22.6 Å². The Hall–Kier alpha value is -1.72. The van der Waals surface area contributed by atoms with Gasteiger partial charge in [-0.25, -0.2) is 8.42 Å². The Balaban J connectivity index is 1.98. The molecule has 0 saturated carbocycles. The lowest BCUT2D eigenvalue weighted by molar-refractivity contribution is 0.251. The fourth-order valence-corrected chi connectivity index (χ4v) is 4.58. The number of rotatable bonds is 3. The minimum atomic E-state index is -3.48. The summed E-state index contributed by atoms with van der Waals surface area (Å²) in [5, 5.41) is 0. The molecule has 0 bridgehead atoms. The average Bonchev–Trinajstić information content (AvgIpc) is 2.56. The van der Waals surface area contributed by atoms with E-state index in [2.05, 4.69) is 4.98 Å². The van der Waals surface area contributed by atoms with Crippen molar-refractivity contribution in [3.63, 3.8) is 0 Å². The second kappa shape index (κ2) is 6.18. The first-order valence-corrected chi connectivity index (χ1v) is 9.02. The van der Waals surface area contributed by atoms with Gasteiger partial charge < -0.3 is 0 Å². The molecular formula is C17H20N2O2S. The summed E-state index contributed by atoms with van der Waals surface area (Å²) < 4.78 is 27.6. The Morgan fingerprint density at radius 3 is 2.55 bits per heavy atom. The van der Waals surface area contributed by atoms with Crippen LogP contribution in [0, 0.1) is 6.92 Å². The highest BCUT2D eigenvalue weighted by Gasteiger charge is 2.34. The Labute approximate surface area is 131 Å². The maximum atomic E-state index is 13.0. The van der Waals surface area contributed by atoms with Crippen molar-refractivity contribution < 1.29 is 8.42 Å². The van der Waals surface area contributed by atoms with E-state index in [0.29, 0.717) is 11.4 Å². The Morgan fingerprint density at radius 1 is 1.09 bits per heavy atom. The second-order valence-corrected chi connectivity index (χ2v) is 7.59. The van der Waals surface area contributed by atoms with Crippen LogP contribution in [0.15, 0.2) is 53.6 Å². The predicted molar refractivity (Wildman–Crippen MR) is 85.9 cm³/mol. The van der Waals surface area contributed by atoms with Crippen LogP contribution in [0.2, 0.25) is 0 Å². The van der Waals surface area contributed by atoms with Gasteiger partial charge >= 0.3 is 0 Å². The molecule has 1 atom stereocenters. The Bertz CT molecular complexity index is 727. The molecule has 0 spiro atoms. The molecule has 1 aromatic carbocycles. The molecule has 1 aromatic heterocycles.